The Hall–Kier alpha value is -3.04. The molecule has 0 aliphatic heterocycles. The van der Waals surface area contributed by atoms with Crippen molar-refractivity contribution in [3.63, 3.8) is 0 Å². The van der Waals surface area contributed by atoms with Gasteiger partial charge >= 0.3 is 6.36 Å². The predicted octanol–water partition coefficient (Wildman–Crippen LogP) is 3.00. The molecule has 0 amide bonds. The van der Waals surface area contributed by atoms with Crippen molar-refractivity contribution >= 4 is 11.0 Å². The second-order valence-corrected chi connectivity index (χ2v) is 5.64. The first kappa shape index (κ1) is 17.8. The summed E-state index contributed by atoms with van der Waals surface area (Å²) in [5.41, 5.74) is 0.871. The zero-order chi connectivity index (χ0) is 19.1. The SMILES string of the molecule is Cc1nc2c(C(C)Oc3ccc(OC(F)(F)F)cc3)nn(C)c2c(=O)[nH]1. The molecule has 2 aromatic heterocycles. The van der Waals surface area contributed by atoms with Crippen molar-refractivity contribution in [3.8, 4) is 11.5 Å². The first-order valence-corrected chi connectivity index (χ1v) is 7.60. The smallest absolute Gasteiger partial charge is 0.484 e. The molecule has 3 aromatic rings. The summed E-state index contributed by atoms with van der Waals surface area (Å²) in [6.07, 6.45) is -5.33. The fourth-order valence-electron chi connectivity index (χ4n) is 2.57. The van der Waals surface area contributed by atoms with Crippen LogP contribution in [-0.4, -0.2) is 26.1 Å². The van der Waals surface area contributed by atoms with Gasteiger partial charge in [-0.3, -0.25) is 9.48 Å². The van der Waals surface area contributed by atoms with Crippen LogP contribution >= 0.6 is 0 Å². The Bertz CT molecular complexity index is 993. The Morgan fingerprint density at radius 2 is 1.81 bits per heavy atom. The fourth-order valence-corrected chi connectivity index (χ4v) is 2.57. The second-order valence-electron chi connectivity index (χ2n) is 5.64. The number of hydrogen-bond donors (Lipinski definition) is 1. The lowest BCUT2D eigenvalue weighted by molar-refractivity contribution is -0.274. The lowest BCUT2D eigenvalue weighted by Gasteiger charge is -2.14. The van der Waals surface area contributed by atoms with E-state index in [4.69, 9.17) is 4.74 Å². The molecule has 0 fully saturated rings. The van der Waals surface area contributed by atoms with Crippen LogP contribution in [0.4, 0.5) is 13.2 Å². The third kappa shape index (κ3) is 3.63. The summed E-state index contributed by atoms with van der Waals surface area (Å²) < 4.78 is 47.5. The van der Waals surface area contributed by atoms with E-state index >= 15 is 0 Å². The molecule has 10 heteroatoms. The minimum Gasteiger partial charge on any atom is -0.484 e. The molecule has 0 spiro atoms. The summed E-state index contributed by atoms with van der Waals surface area (Å²) in [4.78, 5) is 19.0. The summed E-state index contributed by atoms with van der Waals surface area (Å²) in [7, 11) is 1.62. The van der Waals surface area contributed by atoms with E-state index in [1.165, 1.54) is 16.8 Å². The van der Waals surface area contributed by atoms with E-state index in [0.29, 0.717) is 28.3 Å². The number of hydrogen-bond acceptors (Lipinski definition) is 5. The van der Waals surface area contributed by atoms with Gasteiger partial charge in [-0.05, 0) is 38.1 Å². The topological polar surface area (TPSA) is 82.0 Å². The summed E-state index contributed by atoms with van der Waals surface area (Å²) in [6.45, 7) is 3.36. The quantitative estimate of drug-likeness (QED) is 0.766. The minimum absolute atomic E-state index is 0.311. The van der Waals surface area contributed by atoms with Crippen molar-refractivity contribution in [3.05, 3.63) is 46.1 Å². The highest BCUT2D eigenvalue weighted by Gasteiger charge is 2.31. The largest absolute Gasteiger partial charge is 0.573 e. The average Bonchev–Trinajstić information content (AvgIpc) is 2.85. The number of benzene rings is 1. The summed E-state index contributed by atoms with van der Waals surface area (Å²) in [5.74, 6) is 0.426. The highest BCUT2D eigenvalue weighted by atomic mass is 19.4. The first-order chi connectivity index (χ1) is 12.1. The van der Waals surface area contributed by atoms with Crippen molar-refractivity contribution in [2.24, 2.45) is 7.05 Å². The van der Waals surface area contributed by atoms with E-state index in [2.05, 4.69) is 19.8 Å². The molecule has 7 nitrogen and oxygen atoms in total. The Balaban J connectivity index is 1.86. The van der Waals surface area contributed by atoms with Crippen LogP contribution in [-0.2, 0) is 7.05 Å². The van der Waals surface area contributed by atoms with Gasteiger partial charge in [0.15, 0.2) is 5.52 Å². The Labute approximate surface area is 145 Å². The molecule has 0 saturated heterocycles. The molecule has 1 atom stereocenters. The number of H-pyrrole nitrogens is 1. The minimum atomic E-state index is -4.75. The molecular weight excluding hydrogens is 353 g/mol. The van der Waals surface area contributed by atoms with Crippen LogP contribution in [0, 0.1) is 6.92 Å². The van der Waals surface area contributed by atoms with Crippen molar-refractivity contribution < 1.29 is 22.6 Å². The number of nitrogens with zero attached hydrogens (tertiary/aromatic N) is 3. The van der Waals surface area contributed by atoms with Gasteiger partial charge in [-0.2, -0.15) is 5.10 Å². The standard InChI is InChI=1S/C16H15F3N4O3/c1-8(25-10-4-6-11(7-5-10)26-16(17,18)19)12-13-14(23(3)22-12)15(24)21-9(2)20-13/h4-8H,1-3H3,(H,20,21,24). The van der Waals surface area contributed by atoms with Crippen LogP contribution < -0.4 is 15.0 Å². The van der Waals surface area contributed by atoms with Crippen molar-refractivity contribution in [2.75, 3.05) is 0 Å². The third-order valence-electron chi connectivity index (χ3n) is 3.59. The van der Waals surface area contributed by atoms with Gasteiger partial charge in [0, 0.05) is 7.05 Å². The fraction of sp³-hybridized carbons (Fsp3) is 0.312. The number of nitrogens with one attached hydrogen (secondary N) is 1. The zero-order valence-corrected chi connectivity index (χ0v) is 14.1. The van der Waals surface area contributed by atoms with Gasteiger partial charge in [-0.15, -0.1) is 13.2 Å². The lowest BCUT2D eigenvalue weighted by atomic mass is 10.2. The maximum Gasteiger partial charge on any atom is 0.573 e. The molecule has 0 saturated carbocycles. The number of aryl methyl sites for hydroxylation is 2. The number of rotatable bonds is 4. The Morgan fingerprint density at radius 1 is 1.19 bits per heavy atom. The number of aromatic amines is 1. The maximum absolute atomic E-state index is 12.2. The molecule has 0 bridgehead atoms. The third-order valence-corrected chi connectivity index (χ3v) is 3.59. The van der Waals surface area contributed by atoms with Crippen LogP contribution in [0.1, 0.15) is 24.5 Å². The second kappa shape index (κ2) is 6.36. The van der Waals surface area contributed by atoms with Gasteiger partial charge in [-0.1, -0.05) is 0 Å². The summed E-state index contributed by atoms with van der Waals surface area (Å²) in [6, 6.07) is 5.01. The number of ether oxygens (including phenoxy) is 2. The van der Waals surface area contributed by atoms with Gasteiger partial charge in [0.1, 0.15) is 34.6 Å². The number of halogens is 3. The number of aromatic nitrogens is 4. The Morgan fingerprint density at radius 3 is 2.42 bits per heavy atom. The molecule has 1 unspecified atom stereocenters. The average molecular weight is 368 g/mol. The molecular formula is C16H15F3N4O3. The van der Waals surface area contributed by atoms with Gasteiger partial charge in [0.25, 0.3) is 5.56 Å². The molecule has 1 aromatic carbocycles. The van der Waals surface area contributed by atoms with Crippen molar-refractivity contribution in [1.82, 2.24) is 19.7 Å². The number of fused-ring (bicyclic) bond motifs is 1. The maximum atomic E-state index is 12.2. The van der Waals surface area contributed by atoms with Crippen LogP contribution in [0.2, 0.25) is 0 Å². The first-order valence-electron chi connectivity index (χ1n) is 7.60. The van der Waals surface area contributed by atoms with Crippen LogP contribution in [0.5, 0.6) is 11.5 Å². The molecule has 0 radical (unpaired) electrons. The van der Waals surface area contributed by atoms with E-state index < -0.39 is 12.5 Å². The van der Waals surface area contributed by atoms with Gasteiger partial charge in [-0.25, -0.2) is 4.98 Å². The van der Waals surface area contributed by atoms with E-state index in [1.54, 1.807) is 20.9 Å². The molecule has 3 rings (SSSR count). The zero-order valence-electron chi connectivity index (χ0n) is 14.1. The Kier molecular flexibility index (Phi) is 4.34. The normalized spacial score (nSPS) is 13.0. The summed E-state index contributed by atoms with van der Waals surface area (Å²) >= 11 is 0. The monoisotopic (exact) mass is 368 g/mol. The summed E-state index contributed by atoms with van der Waals surface area (Å²) in [5, 5.41) is 4.29. The molecule has 0 aliphatic rings. The number of alkyl halides is 3. The van der Waals surface area contributed by atoms with Gasteiger partial charge in [0.2, 0.25) is 0 Å². The molecule has 138 valence electrons. The molecule has 2 heterocycles. The van der Waals surface area contributed by atoms with Crippen molar-refractivity contribution in [2.45, 2.75) is 26.3 Å². The van der Waals surface area contributed by atoms with Crippen molar-refractivity contribution in [1.29, 1.82) is 0 Å². The highest BCUT2D eigenvalue weighted by molar-refractivity contribution is 5.76. The lowest BCUT2D eigenvalue weighted by Crippen LogP contribution is -2.17. The highest BCUT2D eigenvalue weighted by Crippen LogP contribution is 2.28. The van der Waals surface area contributed by atoms with E-state index in [1.807, 2.05) is 0 Å². The van der Waals surface area contributed by atoms with E-state index in [9.17, 15) is 18.0 Å². The van der Waals surface area contributed by atoms with E-state index in [-0.39, 0.29) is 11.3 Å². The predicted molar refractivity (Wildman–Crippen MR) is 86.0 cm³/mol. The molecule has 1 N–H and O–H groups in total. The van der Waals surface area contributed by atoms with E-state index in [0.717, 1.165) is 12.1 Å². The van der Waals surface area contributed by atoms with Crippen LogP contribution in [0.15, 0.2) is 29.1 Å². The van der Waals surface area contributed by atoms with Gasteiger partial charge in [0.05, 0.1) is 0 Å². The van der Waals surface area contributed by atoms with Gasteiger partial charge < -0.3 is 14.5 Å². The van der Waals surface area contributed by atoms with Crippen LogP contribution in [0.3, 0.4) is 0 Å². The molecule has 0 aliphatic carbocycles. The molecule has 26 heavy (non-hydrogen) atoms. The van der Waals surface area contributed by atoms with Crippen LogP contribution in [0.25, 0.3) is 11.0 Å².